The van der Waals surface area contributed by atoms with Crippen molar-refractivity contribution in [3.05, 3.63) is 74.6 Å². The van der Waals surface area contributed by atoms with E-state index < -0.39 is 21.9 Å². The highest BCUT2D eigenvalue weighted by Gasteiger charge is 2.36. The van der Waals surface area contributed by atoms with Crippen LogP contribution in [0.2, 0.25) is 0 Å². The molecule has 0 aliphatic carbocycles. The van der Waals surface area contributed by atoms with Gasteiger partial charge in [0.1, 0.15) is 0 Å². The highest BCUT2D eigenvalue weighted by atomic mass is 32.2. The number of nitrogens with one attached hydrogen (secondary N) is 1. The zero-order chi connectivity index (χ0) is 26.9. The Balaban J connectivity index is 1.44. The molecule has 0 fully saturated rings. The van der Waals surface area contributed by atoms with Crippen LogP contribution in [0.4, 0.5) is 13.9 Å². The number of alkyl halides is 2. The number of hydrogen-bond donors (Lipinski definition) is 1. The van der Waals surface area contributed by atoms with Gasteiger partial charge in [-0.15, -0.1) is 11.3 Å². The summed E-state index contributed by atoms with van der Waals surface area (Å²) in [6, 6.07) is 8.93. The molecule has 0 radical (unpaired) electrons. The third kappa shape index (κ3) is 5.97. The van der Waals surface area contributed by atoms with E-state index in [9.17, 15) is 26.8 Å². The number of pyridine rings is 1. The van der Waals surface area contributed by atoms with Gasteiger partial charge in [-0.2, -0.15) is 8.78 Å². The Bertz CT molecular complexity index is 1450. The summed E-state index contributed by atoms with van der Waals surface area (Å²) < 4.78 is 50.6. The minimum atomic E-state index is -3.30. The second-order valence-corrected chi connectivity index (χ2v) is 12.6. The SMILES string of the molecule is CCS(=O)(=O)c1ccc(CC(=O)Nc2nc3c(s2)CN(Cc2ccc(=O)n(C(F)F)c2)[C@H]3C(C)C)cc1. The number of anilines is 1. The predicted octanol–water partition coefficient (Wildman–Crippen LogP) is 4.39. The van der Waals surface area contributed by atoms with Crippen molar-refractivity contribution in [3.8, 4) is 0 Å². The molecule has 4 rings (SSSR count). The molecule has 1 aliphatic heterocycles. The maximum Gasteiger partial charge on any atom is 0.321 e. The molecule has 198 valence electrons. The van der Waals surface area contributed by atoms with Crippen molar-refractivity contribution in [3.63, 3.8) is 0 Å². The van der Waals surface area contributed by atoms with E-state index in [-0.39, 0.29) is 34.9 Å². The normalized spacial score (nSPS) is 15.9. The molecule has 1 aromatic carbocycles. The molecule has 3 heterocycles. The van der Waals surface area contributed by atoms with Crippen LogP contribution in [-0.2, 0) is 34.1 Å². The van der Waals surface area contributed by atoms with Gasteiger partial charge in [0.2, 0.25) is 5.91 Å². The first-order chi connectivity index (χ1) is 17.5. The van der Waals surface area contributed by atoms with Crippen LogP contribution in [0.1, 0.15) is 55.1 Å². The quantitative estimate of drug-likeness (QED) is 0.424. The van der Waals surface area contributed by atoms with Crippen LogP contribution in [0.5, 0.6) is 0 Å². The van der Waals surface area contributed by atoms with E-state index in [2.05, 4.69) is 15.2 Å². The highest BCUT2D eigenvalue weighted by molar-refractivity contribution is 7.91. The third-order valence-corrected chi connectivity index (χ3v) is 8.97. The van der Waals surface area contributed by atoms with Gasteiger partial charge < -0.3 is 5.32 Å². The van der Waals surface area contributed by atoms with Gasteiger partial charge in [-0.05, 0) is 29.2 Å². The molecule has 0 unspecified atom stereocenters. The molecule has 0 saturated carbocycles. The molecule has 12 heteroatoms. The van der Waals surface area contributed by atoms with Gasteiger partial charge in [0, 0.05) is 30.2 Å². The van der Waals surface area contributed by atoms with Crippen molar-refractivity contribution in [2.75, 3.05) is 11.1 Å². The van der Waals surface area contributed by atoms with E-state index in [1.54, 1.807) is 25.1 Å². The summed E-state index contributed by atoms with van der Waals surface area (Å²) in [4.78, 5) is 32.3. The zero-order valence-electron chi connectivity index (χ0n) is 20.6. The van der Waals surface area contributed by atoms with E-state index in [0.29, 0.717) is 33.9 Å². The summed E-state index contributed by atoms with van der Waals surface area (Å²) in [5.41, 5.74) is 1.40. The monoisotopic (exact) mass is 550 g/mol. The second kappa shape index (κ2) is 10.8. The Morgan fingerprint density at radius 1 is 1.16 bits per heavy atom. The van der Waals surface area contributed by atoms with Gasteiger partial charge in [0.25, 0.3) is 5.56 Å². The maximum atomic E-state index is 13.1. The Morgan fingerprint density at radius 3 is 2.46 bits per heavy atom. The van der Waals surface area contributed by atoms with Gasteiger partial charge in [-0.25, -0.2) is 13.4 Å². The molecule has 0 bridgehead atoms. The largest absolute Gasteiger partial charge is 0.321 e. The summed E-state index contributed by atoms with van der Waals surface area (Å²) in [5.74, 6) is -0.0742. The summed E-state index contributed by atoms with van der Waals surface area (Å²) in [6.07, 6.45) is 1.27. The maximum absolute atomic E-state index is 13.1. The van der Waals surface area contributed by atoms with E-state index >= 15 is 0 Å². The Kier molecular flexibility index (Phi) is 7.91. The molecule has 0 saturated heterocycles. The molecule has 1 amide bonds. The molecule has 8 nitrogen and oxygen atoms in total. The Hall–Kier alpha value is -2.96. The lowest BCUT2D eigenvalue weighted by Crippen LogP contribution is -2.27. The minimum absolute atomic E-state index is 0.0124. The summed E-state index contributed by atoms with van der Waals surface area (Å²) in [6.45, 7) is 3.71. The Labute approximate surface area is 217 Å². The van der Waals surface area contributed by atoms with Crippen LogP contribution in [0.15, 0.2) is 52.3 Å². The van der Waals surface area contributed by atoms with Crippen molar-refractivity contribution in [2.24, 2.45) is 5.92 Å². The fourth-order valence-electron chi connectivity index (χ4n) is 4.47. The molecular weight excluding hydrogens is 522 g/mol. The number of halogens is 2. The average Bonchev–Trinajstić information content (AvgIpc) is 3.36. The lowest BCUT2D eigenvalue weighted by atomic mass is 10.0. The number of thiazole rings is 1. The van der Waals surface area contributed by atoms with Crippen LogP contribution in [-0.4, -0.2) is 34.5 Å². The summed E-state index contributed by atoms with van der Waals surface area (Å²) in [5, 5.41) is 3.32. The first-order valence-corrected chi connectivity index (χ1v) is 14.3. The topological polar surface area (TPSA) is 101 Å². The number of fused-ring (bicyclic) bond motifs is 1. The smallest absolute Gasteiger partial charge is 0.302 e. The highest BCUT2D eigenvalue weighted by Crippen LogP contribution is 2.43. The number of carbonyl (C=O) groups excluding carboxylic acids is 1. The van der Waals surface area contributed by atoms with E-state index in [4.69, 9.17) is 0 Å². The van der Waals surface area contributed by atoms with Gasteiger partial charge in [0.05, 0.1) is 28.8 Å². The molecule has 37 heavy (non-hydrogen) atoms. The molecular formula is C25H28F2N4O4S2. The Morgan fingerprint density at radius 2 is 1.84 bits per heavy atom. The van der Waals surface area contributed by atoms with Gasteiger partial charge in [-0.1, -0.05) is 39.0 Å². The van der Waals surface area contributed by atoms with E-state index in [1.165, 1.54) is 29.7 Å². The number of nitrogens with zero attached hydrogens (tertiary/aromatic N) is 3. The van der Waals surface area contributed by atoms with Crippen molar-refractivity contribution >= 4 is 32.2 Å². The number of rotatable bonds is 9. The first-order valence-electron chi connectivity index (χ1n) is 11.8. The third-order valence-electron chi connectivity index (χ3n) is 6.25. The number of sulfone groups is 1. The van der Waals surface area contributed by atoms with E-state index in [0.717, 1.165) is 16.6 Å². The van der Waals surface area contributed by atoms with Crippen molar-refractivity contribution < 1.29 is 22.0 Å². The fourth-order valence-corrected chi connectivity index (χ4v) is 6.40. The predicted molar refractivity (Wildman–Crippen MR) is 137 cm³/mol. The van der Waals surface area contributed by atoms with Crippen LogP contribution in [0.3, 0.4) is 0 Å². The molecule has 1 N–H and O–H groups in total. The van der Waals surface area contributed by atoms with Crippen LogP contribution >= 0.6 is 11.3 Å². The zero-order valence-corrected chi connectivity index (χ0v) is 22.3. The summed E-state index contributed by atoms with van der Waals surface area (Å²) in [7, 11) is -3.30. The number of benzene rings is 1. The summed E-state index contributed by atoms with van der Waals surface area (Å²) >= 11 is 1.38. The first kappa shape index (κ1) is 27.1. The van der Waals surface area contributed by atoms with Crippen LogP contribution < -0.4 is 10.9 Å². The minimum Gasteiger partial charge on any atom is -0.302 e. The van der Waals surface area contributed by atoms with Crippen molar-refractivity contribution in [1.82, 2.24) is 14.5 Å². The number of carbonyl (C=O) groups is 1. The average molecular weight is 551 g/mol. The standard InChI is InChI=1S/C25H28F2N4O4S2/c1-4-37(34,35)18-8-5-16(6-9-18)11-20(32)28-25-29-22-19(36-25)14-30(23(22)15(2)3)12-17-7-10-21(33)31(13-17)24(26)27/h5-10,13,15,23-24H,4,11-12,14H2,1-3H3,(H,28,29,32)/t23-/m0/s1. The van der Waals surface area contributed by atoms with Crippen molar-refractivity contribution in [2.45, 2.75) is 57.8 Å². The number of aromatic nitrogens is 2. The molecule has 3 aromatic rings. The molecule has 0 spiro atoms. The lowest BCUT2D eigenvalue weighted by Gasteiger charge is -2.27. The molecule has 1 aliphatic rings. The molecule has 1 atom stereocenters. The van der Waals surface area contributed by atoms with E-state index in [1.807, 2.05) is 13.8 Å². The van der Waals surface area contributed by atoms with Crippen molar-refractivity contribution in [1.29, 1.82) is 0 Å². The van der Waals surface area contributed by atoms with Gasteiger partial charge in [0.15, 0.2) is 15.0 Å². The van der Waals surface area contributed by atoms with Crippen LogP contribution in [0, 0.1) is 5.92 Å². The number of amides is 1. The fraction of sp³-hybridized carbons (Fsp3) is 0.400. The van der Waals surface area contributed by atoms with Gasteiger partial charge >= 0.3 is 6.55 Å². The van der Waals surface area contributed by atoms with Gasteiger partial charge in [-0.3, -0.25) is 19.1 Å². The molecule has 2 aromatic heterocycles. The lowest BCUT2D eigenvalue weighted by molar-refractivity contribution is -0.115. The number of hydrogen-bond acceptors (Lipinski definition) is 7. The van der Waals surface area contributed by atoms with Crippen LogP contribution in [0.25, 0.3) is 0 Å². The second-order valence-electron chi connectivity index (χ2n) is 9.25.